The van der Waals surface area contributed by atoms with Gasteiger partial charge in [0.15, 0.2) is 0 Å². The van der Waals surface area contributed by atoms with Crippen molar-refractivity contribution in [3.8, 4) is 0 Å². The molecule has 0 bridgehead atoms. The van der Waals surface area contributed by atoms with E-state index < -0.39 is 21.8 Å². The summed E-state index contributed by atoms with van der Waals surface area (Å²) in [5.74, 6) is -1.04. The van der Waals surface area contributed by atoms with E-state index in [2.05, 4.69) is 5.32 Å². The molecule has 1 heterocycles. The topological polar surface area (TPSA) is 110 Å². The molecule has 0 fully saturated rings. The fraction of sp³-hybridized carbons (Fsp3) is 0.0526. The maximum absolute atomic E-state index is 12.9. The molecule has 10 heteroatoms. The Morgan fingerprint density at radius 3 is 2.24 bits per heavy atom. The first kappa shape index (κ1) is 20.8. The van der Waals surface area contributed by atoms with E-state index in [1.165, 1.54) is 43.4 Å². The van der Waals surface area contributed by atoms with Gasteiger partial charge >= 0.3 is 0 Å². The largest absolute Gasteiger partial charge is 0.366 e. The van der Waals surface area contributed by atoms with Crippen LogP contribution in [0.4, 0.5) is 11.4 Å². The van der Waals surface area contributed by atoms with E-state index in [1.807, 2.05) is 0 Å². The molecule has 0 radical (unpaired) electrons. The van der Waals surface area contributed by atoms with Crippen molar-refractivity contribution in [2.24, 2.45) is 5.73 Å². The molecule has 2 aromatic carbocycles. The van der Waals surface area contributed by atoms with Gasteiger partial charge in [-0.05, 0) is 60.0 Å². The fourth-order valence-electron chi connectivity index (χ4n) is 2.52. The number of hydrogen-bond donors (Lipinski definition) is 2. The molecule has 150 valence electrons. The number of anilines is 2. The number of thiophene rings is 1. The van der Waals surface area contributed by atoms with E-state index in [1.54, 1.807) is 23.6 Å². The highest BCUT2D eigenvalue weighted by atomic mass is 35.5. The molecule has 0 aliphatic rings. The molecule has 0 aliphatic carbocycles. The predicted octanol–water partition coefficient (Wildman–Crippen LogP) is 3.58. The number of nitrogens with two attached hydrogens (primary N) is 1. The third kappa shape index (κ3) is 4.42. The van der Waals surface area contributed by atoms with Gasteiger partial charge in [-0.3, -0.25) is 13.9 Å². The Balaban J connectivity index is 1.85. The van der Waals surface area contributed by atoms with Gasteiger partial charge in [-0.1, -0.05) is 11.6 Å². The molecule has 7 nitrogen and oxygen atoms in total. The molecule has 0 saturated carbocycles. The molecule has 0 atom stereocenters. The summed E-state index contributed by atoms with van der Waals surface area (Å²) in [6.07, 6.45) is 0. The van der Waals surface area contributed by atoms with Gasteiger partial charge in [-0.2, -0.15) is 0 Å². The molecule has 0 aliphatic heterocycles. The molecular weight excluding hydrogens is 434 g/mol. The zero-order chi connectivity index (χ0) is 21.2. The molecule has 1 aromatic heterocycles. The lowest BCUT2D eigenvalue weighted by molar-refractivity contribution is 0.0998. The van der Waals surface area contributed by atoms with Crippen molar-refractivity contribution in [3.05, 3.63) is 75.4 Å². The number of hydrogen-bond acceptors (Lipinski definition) is 5. The van der Waals surface area contributed by atoms with E-state index >= 15 is 0 Å². The lowest BCUT2D eigenvalue weighted by Gasteiger charge is -2.19. The van der Waals surface area contributed by atoms with Crippen molar-refractivity contribution in [1.29, 1.82) is 0 Å². The highest BCUT2D eigenvalue weighted by molar-refractivity contribution is 7.92. The Morgan fingerprint density at radius 2 is 1.66 bits per heavy atom. The molecule has 29 heavy (non-hydrogen) atoms. The monoisotopic (exact) mass is 449 g/mol. The minimum atomic E-state index is -3.87. The van der Waals surface area contributed by atoms with Gasteiger partial charge < -0.3 is 11.1 Å². The van der Waals surface area contributed by atoms with Crippen molar-refractivity contribution in [2.45, 2.75) is 4.90 Å². The van der Waals surface area contributed by atoms with Crippen LogP contribution in [0.5, 0.6) is 0 Å². The number of carbonyl (C=O) groups is 2. The SMILES string of the molecule is CN(c1ccsc1C(=O)Nc1ccc(C(N)=O)cc1)S(=O)(=O)c1ccc(Cl)cc1. The van der Waals surface area contributed by atoms with Crippen LogP contribution in [0.15, 0.2) is 64.9 Å². The van der Waals surface area contributed by atoms with Crippen LogP contribution in [0.1, 0.15) is 20.0 Å². The average Bonchev–Trinajstić information content (AvgIpc) is 3.18. The summed E-state index contributed by atoms with van der Waals surface area (Å²) in [6, 6.07) is 13.4. The number of sulfonamides is 1. The summed E-state index contributed by atoms with van der Waals surface area (Å²) < 4.78 is 26.8. The van der Waals surface area contributed by atoms with Crippen molar-refractivity contribution in [2.75, 3.05) is 16.7 Å². The van der Waals surface area contributed by atoms with Crippen LogP contribution in [0.3, 0.4) is 0 Å². The molecule has 0 saturated heterocycles. The van der Waals surface area contributed by atoms with Crippen molar-refractivity contribution in [1.82, 2.24) is 0 Å². The second-order valence-electron chi connectivity index (χ2n) is 5.96. The number of rotatable bonds is 6. The van der Waals surface area contributed by atoms with Crippen LogP contribution >= 0.6 is 22.9 Å². The summed E-state index contributed by atoms with van der Waals surface area (Å²) in [7, 11) is -2.49. The second-order valence-corrected chi connectivity index (χ2v) is 9.28. The van der Waals surface area contributed by atoms with Crippen LogP contribution < -0.4 is 15.4 Å². The number of amides is 2. The van der Waals surface area contributed by atoms with Gasteiger partial charge in [0.1, 0.15) is 4.88 Å². The molecule has 3 aromatic rings. The number of benzene rings is 2. The smallest absolute Gasteiger partial charge is 0.267 e. The maximum atomic E-state index is 12.9. The Labute approximate surface area is 176 Å². The van der Waals surface area contributed by atoms with E-state index in [0.717, 1.165) is 15.6 Å². The number of carbonyl (C=O) groups excluding carboxylic acids is 2. The normalized spacial score (nSPS) is 11.1. The third-order valence-electron chi connectivity index (χ3n) is 4.09. The molecule has 0 unspecified atom stereocenters. The number of nitrogens with one attached hydrogen (secondary N) is 1. The lowest BCUT2D eigenvalue weighted by atomic mass is 10.2. The molecular formula is C19H16ClN3O4S2. The highest BCUT2D eigenvalue weighted by Crippen LogP contribution is 2.31. The van der Waals surface area contributed by atoms with Gasteiger partial charge in [0.2, 0.25) is 5.91 Å². The summed E-state index contributed by atoms with van der Waals surface area (Å²) in [6.45, 7) is 0. The number of halogens is 1. The predicted molar refractivity (Wildman–Crippen MR) is 114 cm³/mol. The summed E-state index contributed by atoms with van der Waals surface area (Å²) >= 11 is 6.94. The maximum Gasteiger partial charge on any atom is 0.267 e. The number of nitrogens with zero attached hydrogens (tertiary/aromatic N) is 1. The average molecular weight is 450 g/mol. The Hall–Kier alpha value is -2.88. The van der Waals surface area contributed by atoms with Gasteiger partial charge in [0.05, 0.1) is 10.6 Å². The molecule has 3 rings (SSSR count). The van der Waals surface area contributed by atoms with Gasteiger partial charge in [-0.25, -0.2) is 8.42 Å². The van der Waals surface area contributed by atoms with Crippen molar-refractivity contribution in [3.63, 3.8) is 0 Å². The van der Waals surface area contributed by atoms with E-state index in [0.29, 0.717) is 16.3 Å². The third-order valence-corrected chi connectivity index (χ3v) is 7.03. The van der Waals surface area contributed by atoms with E-state index in [4.69, 9.17) is 17.3 Å². The first-order chi connectivity index (χ1) is 13.7. The van der Waals surface area contributed by atoms with Crippen LogP contribution in [0.2, 0.25) is 5.02 Å². The van der Waals surface area contributed by atoms with Gasteiger partial charge in [0.25, 0.3) is 15.9 Å². The van der Waals surface area contributed by atoms with Gasteiger partial charge in [-0.15, -0.1) is 11.3 Å². The Morgan fingerprint density at radius 1 is 1.03 bits per heavy atom. The van der Waals surface area contributed by atoms with E-state index in [-0.39, 0.29) is 15.5 Å². The Bertz CT molecular complexity index is 1160. The lowest BCUT2D eigenvalue weighted by Crippen LogP contribution is -2.28. The van der Waals surface area contributed by atoms with Gasteiger partial charge in [0, 0.05) is 23.3 Å². The quantitative estimate of drug-likeness (QED) is 0.599. The van der Waals surface area contributed by atoms with Crippen molar-refractivity contribution >= 4 is 56.2 Å². The van der Waals surface area contributed by atoms with Crippen LogP contribution in [-0.2, 0) is 10.0 Å². The van der Waals surface area contributed by atoms with Crippen LogP contribution in [0, 0.1) is 0 Å². The van der Waals surface area contributed by atoms with Crippen LogP contribution in [-0.4, -0.2) is 27.3 Å². The zero-order valence-corrected chi connectivity index (χ0v) is 17.5. The molecule has 0 spiro atoms. The minimum Gasteiger partial charge on any atom is -0.366 e. The van der Waals surface area contributed by atoms with Crippen molar-refractivity contribution < 1.29 is 18.0 Å². The summed E-state index contributed by atoms with van der Waals surface area (Å²) in [5, 5.41) is 4.74. The highest BCUT2D eigenvalue weighted by Gasteiger charge is 2.26. The molecule has 2 amide bonds. The van der Waals surface area contributed by atoms with E-state index in [9.17, 15) is 18.0 Å². The summed E-state index contributed by atoms with van der Waals surface area (Å²) in [5.41, 5.74) is 6.20. The molecule has 3 N–H and O–H groups in total. The summed E-state index contributed by atoms with van der Waals surface area (Å²) in [4.78, 5) is 24.1. The van der Waals surface area contributed by atoms with Crippen LogP contribution in [0.25, 0.3) is 0 Å². The Kier molecular flexibility index (Phi) is 5.92. The first-order valence-electron chi connectivity index (χ1n) is 8.23. The fourth-order valence-corrected chi connectivity index (χ4v) is 4.73. The second kappa shape index (κ2) is 8.24. The first-order valence-corrected chi connectivity index (χ1v) is 10.9. The zero-order valence-electron chi connectivity index (χ0n) is 15.1. The number of primary amides is 1. The minimum absolute atomic E-state index is 0.0593. The standard InChI is InChI=1S/C19H16ClN3O4S2/c1-23(29(26,27)15-8-4-13(20)5-9-15)16-10-11-28-17(16)19(25)22-14-6-2-12(3-7-14)18(21)24/h2-11H,1H3,(H2,21,24)(H,22,25).